The summed E-state index contributed by atoms with van der Waals surface area (Å²) in [5.41, 5.74) is 0.207. The number of halogens is 2. The van der Waals surface area contributed by atoms with Crippen molar-refractivity contribution >= 4 is 52.8 Å². The fourth-order valence-electron chi connectivity index (χ4n) is 1.81. The van der Waals surface area contributed by atoms with Gasteiger partial charge in [-0.3, -0.25) is 14.6 Å². The molecular weight excluding hydrogens is 369 g/mol. The normalized spacial score (nSPS) is 12.0. The van der Waals surface area contributed by atoms with Crippen LogP contribution in [-0.2, 0) is 19.1 Å². The van der Waals surface area contributed by atoms with Crippen LogP contribution in [0.25, 0.3) is 0 Å². The first kappa shape index (κ1) is 21.1. The molecule has 0 fully saturated rings. The quantitative estimate of drug-likeness (QED) is 0.382. The Bertz CT molecular complexity index is 688. The van der Waals surface area contributed by atoms with Gasteiger partial charge in [0, 0.05) is 11.2 Å². The monoisotopic (exact) mass is 387 g/mol. The average molecular weight is 388 g/mol. The molecule has 0 amide bonds. The predicted molar refractivity (Wildman–Crippen MR) is 96.0 cm³/mol. The van der Waals surface area contributed by atoms with Crippen molar-refractivity contribution in [3.8, 4) is 0 Å². The molecule has 1 aromatic rings. The lowest BCUT2D eigenvalue weighted by Gasteiger charge is -2.09. The zero-order valence-electron chi connectivity index (χ0n) is 14.2. The molecule has 0 saturated carbocycles. The Kier molecular flexibility index (Phi) is 8.58. The predicted octanol–water partition coefficient (Wildman–Crippen LogP) is 4.03. The maximum Gasteiger partial charge on any atom is 0.339 e. The first-order valence-corrected chi connectivity index (χ1v) is 8.44. The van der Waals surface area contributed by atoms with Crippen LogP contribution in [0.4, 0.5) is 5.69 Å². The smallest absolute Gasteiger partial charge is 0.339 e. The maximum absolute atomic E-state index is 12.0. The van der Waals surface area contributed by atoms with Gasteiger partial charge >= 0.3 is 11.9 Å². The molecule has 1 aromatic carbocycles. The highest BCUT2D eigenvalue weighted by Crippen LogP contribution is 2.33. The maximum atomic E-state index is 12.0. The Morgan fingerprint density at radius 2 is 1.88 bits per heavy atom. The highest BCUT2D eigenvalue weighted by Gasteiger charge is 2.23. The van der Waals surface area contributed by atoms with Crippen LogP contribution in [0, 0.1) is 5.92 Å². The molecule has 25 heavy (non-hydrogen) atoms. The van der Waals surface area contributed by atoms with E-state index in [1.165, 1.54) is 19.1 Å². The van der Waals surface area contributed by atoms with Gasteiger partial charge in [0.05, 0.1) is 29.5 Å². The first-order valence-electron chi connectivity index (χ1n) is 7.69. The molecule has 0 N–H and O–H groups in total. The molecule has 0 bridgehead atoms. The van der Waals surface area contributed by atoms with E-state index in [0.29, 0.717) is 6.42 Å². The van der Waals surface area contributed by atoms with Crippen LogP contribution in [0.3, 0.4) is 0 Å². The summed E-state index contributed by atoms with van der Waals surface area (Å²) in [6.07, 6.45) is 1.79. The van der Waals surface area contributed by atoms with Crippen molar-refractivity contribution in [3.63, 3.8) is 0 Å². The third-order valence-electron chi connectivity index (χ3n) is 3.02. The second-order valence-corrected chi connectivity index (χ2v) is 5.86. The van der Waals surface area contributed by atoms with Gasteiger partial charge in [0.1, 0.15) is 5.78 Å². The van der Waals surface area contributed by atoms with Crippen LogP contribution in [0.15, 0.2) is 17.1 Å². The number of carbonyl (C=O) groups is 3. The second kappa shape index (κ2) is 10.2. The number of aliphatic imine (C=N–C) groups is 1. The Morgan fingerprint density at radius 1 is 1.20 bits per heavy atom. The molecule has 6 nitrogen and oxygen atoms in total. The summed E-state index contributed by atoms with van der Waals surface area (Å²) in [6, 6.07) is 2.79. The summed E-state index contributed by atoms with van der Waals surface area (Å²) in [5, 5.41) is 0.239. The molecule has 1 atom stereocenters. The third-order valence-corrected chi connectivity index (χ3v) is 3.63. The lowest BCUT2D eigenvalue weighted by atomic mass is 10.1. The standard InChI is InChI=1S/C17H19Cl2NO5/c1-4-6-25-16(22)12-7-11(18)8-14(15(12)19)20-9-13(10(3)21)17(23)24-5-2/h7-9,13H,4-6H2,1-3H3. The molecule has 0 saturated heterocycles. The molecule has 0 aliphatic heterocycles. The number of Topliss-reactive ketones (excluding diaryl/α,β-unsaturated/α-hetero) is 1. The van der Waals surface area contributed by atoms with E-state index >= 15 is 0 Å². The van der Waals surface area contributed by atoms with Gasteiger partial charge in [-0.1, -0.05) is 30.1 Å². The number of hydrogen-bond acceptors (Lipinski definition) is 6. The van der Waals surface area contributed by atoms with Gasteiger partial charge in [-0.2, -0.15) is 0 Å². The van der Waals surface area contributed by atoms with Gasteiger partial charge in [-0.15, -0.1) is 0 Å². The van der Waals surface area contributed by atoms with E-state index in [9.17, 15) is 14.4 Å². The molecule has 136 valence electrons. The summed E-state index contributed by atoms with van der Waals surface area (Å²) in [6.45, 7) is 5.13. The summed E-state index contributed by atoms with van der Waals surface area (Å²) in [5.74, 6) is -2.92. The third kappa shape index (κ3) is 6.14. The van der Waals surface area contributed by atoms with E-state index < -0.39 is 23.6 Å². The largest absolute Gasteiger partial charge is 0.465 e. The SMILES string of the molecule is CCCOC(=O)c1cc(Cl)cc(N=CC(C(C)=O)C(=O)OCC)c1Cl. The van der Waals surface area contributed by atoms with Crippen LogP contribution in [0.5, 0.6) is 0 Å². The number of benzene rings is 1. The zero-order valence-corrected chi connectivity index (χ0v) is 15.7. The fraction of sp³-hybridized carbons (Fsp3) is 0.412. The number of hydrogen-bond donors (Lipinski definition) is 0. The molecule has 8 heteroatoms. The minimum Gasteiger partial charge on any atom is -0.465 e. The molecule has 0 spiro atoms. The number of ether oxygens (including phenoxy) is 2. The summed E-state index contributed by atoms with van der Waals surface area (Å²) in [4.78, 5) is 39.5. The van der Waals surface area contributed by atoms with E-state index in [2.05, 4.69) is 4.99 Å². The van der Waals surface area contributed by atoms with Crippen molar-refractivity contribution < 1.29 is 23.9 Å². The molecule has 0 aromatic heterocycles. The molecule has 0 radical (unpaired) electrons. The minimum absolute atomic E-state index is 0.0212. The topological polar surface area (TPSA) is 82.0 Å². The second-order valence-electron chi connectivity index (χ2n) is 5.04. The highest BCUT2D eigenvalue weighted by molar-refractivity contribution is 6.38. The first-order chi connectivity index (χ1) is 11.8. The Morgan fingerprint density at radius 3 is 2.44 bits per heavy atom. The number of carbonyl (C=O) groups excluding carboxylic acids is 3. The highest BCUT2D eigenvalue weighted by atomic mass is 35.5. The van der Waals surface area contributed by atoms with Crippen molar-refractivity contribution in [1.82, 2.24) is 0 Å². The van der Waals surface area contributed by atoms with E-state index in [1.54, 1.807) is 6.92 Å². The van der Waals surface area contributed by atoms with Crippen LogP contribution < -0.4 is 0 Å². The average Bonchev–Trinajstić information content (AvgIpc) is 2.55. The van der Waals surface area contributed by atoms with E-state index in [-0.39, 0.29) is 34.5 Å². The van der Waals surface area contributed by atoms with Crippen LogP contribution >= 0.6 is 23.2 Å². The Labute approximate surface area is 156 Å². The number of nitrogens with zero attached hydrogens (tertiary/aromatic N) is 1. The number of ketones is 1. The molecule has 1 rings (SSSR count). The lowest BCUT2D eigenvalue weighted by Crippen LogP contribution is -2.25. The van der Waals surface area contributed by atoms with Crippen LogP contribution in [0.1, 0.15) is 37.6 Å². The van der Waals surface area contributed by atoms with Crippen LogP contribution in [0.2, 0.25) is 10.0 Å². The summed E-state index contributed by atoms with van der Waals surface area (Å²) >= 11 is 12.2. The molecule has 1 unspecified atom stereocenters. The van der Waals surface area contributed by atoms with Gasteiger partial charge in [0.2, 0.25) is 0 Å². The zero-order chi connectivity index (χ0) is 19.0. The van der Waals surface area contributed by atoms with Crippen molar-refractivity contribution in [3.05, 3.63) is 27.7 Å². The molecular formula is C17H19Cl2NO5. The van der Waals surface area contributed by atoms with Crippen molar-refractivity contribution in [2.45, 2.75) is 27.2 Å². The number of esters is 2. The minimum atomic E-state index is -1.16. The van der Waals surface area contributed by atoms with E-state index in [4.69, 9.17) is 32.7 Å². The summed E-state index contributed by atoms with van der Waals surface area (Å²) in [7, 11) is 0. The van der Waals surface area contributed by atoms with Gasteiger partial charge in [0.25, 0.3) is 0 Å². The fourth-order valence-corrected chi connectivity index (χ4v) is 2.26. The van der Waals surface area contributed by atoms with Crippen molar-refractivity contribution in [2.24, 2.45) is 10.9 Å². The van der Waals surface area contributed by atoms with Crippen molar-refractivity contribution in [1.29, 1.82) is 0 Å². The lowest BCUT2D eigenvalue weighted by molar-refractivity contribution is -0.148. The van der Waals surface area contributed by atoms with Gasteiger partial charge in [-0.25, -0.2) is 4.79 Å². The van der Waals surface area contributed by atoms with Gasteiger partial charge in [0.15, 0.2) is 5.92 Å². The molecule has 0 aliphatic rings. The van der Waals surface area contributed by atoms with Gasteiger partial charge < -0.3 is 9.47 Å². The number of rotatable bonds is 8. The molecule has 0 heterocycles. The Balaban J connectivity index is 3.16. The van der Waals surface area contributed by atoms with E-state index in [0.717, 1.165) is 6.21 Å². The molecule has 0 aliphatic carbocycles. The van der Waals surface area contributed by atoms with Gasteiger partial charge in [-0.05, 0) is 32.4 Å². The van der Waals surface area contributed by atoms with Crippen molar-refractivity contribution in [2.75, 3.05) is 13.2 Å². The van der Waals surface area contributed by atoms with Crippen LogP contribution in [-0.4, -0.2) is 37.2 Å². The summed E-state index contributed by atoms with van der Waals surface area (Å²) < 4.78 is 9.87. The Hall–Kier alpha value is -1.92. The van der Waals surface area contributed by atoms with E-state index in [1.807, 2.05) is 6.92 Å².